The molecule has 0 radical (unpaired) electrons. The van der Waals surface area contributed by atoms with Gasteiger partial charge in [-0.3, -0.25) is 10.1 Å². The summed E-state index contributed by atoms with van der Waals surface area (Å²) in [6, 6.07) is 0. The molecule has 8 heteroatoms. The van der Waals surface area contributed by atoms with Gasteiger partial charge < -0.3 is 10.4 Å². The molecule has 0 aliphatic rings. The predicted octanol–water partition coefficient (Wildman–Crippen LogP) is 1.61. The van der Waals surface area contributed by atoms with Crippen molar-refractivity contribution in [2.45, 2.75) is 25.8 Å². The van der Waals surface area contributed by atoms with Crippen molar-refractivity contribution in [3.63, 3.8) is 0 Å². The van der Waals surface area contributed by atoms with Crippen LogP contribution in [0.15, 0.2) is 6.20 Å². The SMILES string of the molecule is CCC(C)(CO)Nc1nc(Cl)ncc1[N+](=O)[O-]. The fraction of sp³-hybridized carbons (Fsp3) is 0.556. The molecule has 0 aliphatic carbocycles. The molecule has 1 rings (SSSR count). The maximum atomic E-state index is 10.8. The van der Waals surface area contributed by atoms with E-state index in [1.807, 2.05) is 6.92 Å². The third-order valence-corrected chi connectivity index (χ3v) is 2.67. The zero-order valence-electron chi connectivity index (χ0n) is 9.47. The van der Waals surface area contributed by atoms with Gasteiger partial charge in [0.15, 0.2) is 0 Å². The average Bonchev–Trinajstić information content (AvgIpc) is 2.28. The lowest BCUT2D eigenvalue weighted by Crippen LogP contribution is -2.38. The number of hydrogen-bond acceptors (Lipinski definition) is 6. The lowest BCUT2D eigenvalue weighted by atomic mass is 10.0. The van der Waals surface area contributed by atoms with Crippen molar-refractivity contribution in [3.8, 4) is 0 Å². The molecule has 0 amide bonds. The van der Waals surface area contributed by atoms with Gasteiger partial charge in [0, 0.05) is 0 Å². The van der Waals surface area contributed by atoms with Crippen LogP contribution in [0.1, 0.15) is 20.3 Å². The monoisotopic (exact) mass is 260 g/mol. The van der Waals surface area contributed by atoms with Crippen LogP contribution in [0.4, 0.5) is 11.5 Å². The molecule has 0 saturated heterocycles. The summed E-state index contributed by atoms with van der Waals surface area (Å²) in [4.78, 5) is 17.5. The number of rotatable bonds is 5. The highest BCUT2D eigenvalue weighted by Crippen LogP contribution is 2.26. The van der Waals surface area contributed by atoms with Gasteiger partial charge in [-0.05, 0) is 24.9 Å². The van der Waals surface area contributed by atoms with Crippen molar-refractivity contribution in [2.24, 2.45) is 0 Å². The van der Waals surface area contributed by atoms with E-state index in [4.69, 9.17) is 11.6 Å². The first kappa shape index (κ1) is 13.6. The Labute approximate surface area is 103 Å². The van der Waals surface area contributed by atoms with Gasteiger partial charge in [0.05, 0.1) is 17.1 Å². The summed E-state index contributed by atoms with van der Waals surface area (Å²) in [6.45, 7) is 3.40. The Morgan fingerprint density at radius 2 is 2.35 bits per heavy atom. The van der Waals surface area contributed by atoms with E-state index in [0.717, 1.165) is 6.20 Å². The van der Waals surface area contributed by atoms with E-state index in [2.05, 4.69) is 15.3 Å². The standard InChI is InChI=1S/C9H13ClN4O3/c1-3-9(2,5-15)13-7-6(14(16)17)4-11-8(10)12-7/h4,15H,3,5H2,1-2H3,(H,11,12,13). The smallest absolute Gasteiger partial charge is 0.329 e. The van der Waals surface area contributed by atoms with Gasteiger partial charge in [-0.2, -0.15) is 4.98 Å². The minimum absolute atomic E-state index is 0.00778. The van der Waals surface area contributed by atoms with E-state index in [9.17, 15) is 15.2 Å². The Bertz CT molecular complexity index is 423. The summed E-state index contributed by atoms with van der Waals surface area (Å²) in [5.74, 6) is 0.00778. The average molecular weight is 261 g/mol. The number of nitrogens with one attached hydrogen (secondary N) is 1. The molecule has 2 N–H and O–H groups in total. The molecule has 0 fully saturated rings. The third-order valence-electron chi connectivity index (χ3n) is 2.49. The summed E-state index contributed by atoms with van der Waals surface area (Å²) in [6.07, 6.45) is 1.60. The predicted molar refractivity (Wildman–Crippen MR) is 63.1 cm³/mol. The molecule has 1 atom stereocenters. The van der Waals surface area contributed by atoms with Gasteiger partial charge in [0.2, 0.25) is 11.1 Å². The summed E-state index contributed by atoms with van der Waals surface area (Å²) < 4.78 is 0. The van der Waals surface area contributed by atoms with Gasteiger partial charge in [0.1, 0.15) is 6.20 Å². The van der Waals surface area contributed by atoms with Crippen LogP contribution in [0.5, 0.6) is 0 Å². The van der Waals surface area contributed by atoms with Crippen LogP contribution in [0.2, 0.25) is 5.28 Å². The second-order valence-corrected chi connectivity index (χ2v) is 4.17. The van der Waals surface area contributed by atoms with Crippen LogP contribution < -0.4 is 5.32 Å². The maximum absolute atomic E-state index is 10.8. The molecule has 0 aromatic carbocycles. The molecular weight excluding hydrogens is 248 g/mol. The van der Waals surface area contributed by atoms with Gasteiger partial charge in [-0.1, -0.05) is 6.92 Å². The maximum Gasteiger partial charge on any atom is 0.329 e. The van der Waals surface area contributed by atoms with Crippen LogP contribution in [-0.4, -0.2) is 32.1 Å². The van der Waals surface area contributed by atoms with Crippen molar-refractivity contribution in [1.82, 2.24) is 9.97 Å². The second-order valence-electron chi connectivity index (χ2n) is 3.83. The van der Waals surface area contributed by atoms with Gasteiger partial charge >= 0.3 is 5.69 Å². The lowest BCUT2D eigenvalue weighted by Gasteiger charge is -2.27. The van der Waals surface area contributed by atoms with E-state index in [1.54, 1.807) is 6.92 Å². The number of anilines is 1. The number of nitrogens with zero attached hydrogens (tertiary/aromatic N) is 3. The largest absolute Gasteiger partial charge is 0.394 e. The minimum atomic E-state index is -0.692. The number of aliphatic hydroxyl groups is 1. The molecule has 17 heavy (non-hydrogen) atoms. The molecular formula is C9H13ClN4O3. The van der Waals surface area contributed by atoms with Crippen LogP contribution in [0.25, 0.3) is 0 Å². The summed E-state index contributed by atoms with van der Waals surface area (Å²) >= 11 is 5.59. The normalized spacial score (nSPS) is 14.1. The van der Waals surface area contributed by atoms with Crippen molar-refractivity contribution in [1.29, 1.82) is 0 Å². The molecule has 1 aromatic rings. The number of aliphatic hydroxyl groups excluding tert-OH is 1. The van der Waals surface area contributed by atoms with Crippen LogP contribution >= 0.6 is 11.6 Å². The van der Waals surface area contributed by atoms with Crippen LogP contribution in [0, 0.1) is 10.1 Å². The van der Waals surface area contributed by atoms with Crippen LogP contribution in [-0.2, 0) is 0 Å². The van der Waals surface area contributed by atoms with Gasteiger partial charge in [-0.15, -0.1) is 0 Å². The van der Waals surface area contributed by atoms with Crippen molar-refractivity contribution in [3.05, 3.63) is 21.6 Å². The van der Waals surface area contributed by atoms with Crippen molar-refractivity contribution >= 4 is 23.1 Å². The Hall–Kier alpha value is -1.47. The van der Waals surface area contributed by atoms with E-state index in [1.165, 1.54) is 0 Å². The Kier molecular flexibility index (Phi) is 4.19. The molecule has 1 aromatic heterocycles. The van der Waals surface area contributed by atoms with E-state index >= 15 is 0 Å². The first-order chi connectivity index (χ1) is 7.91. The zero-order valence-corrected chi connectivity index (χ0v) is 10.2. The summed E-state index contributed by atoms with van der Waals surface area (Å²) in [7, 11) is 0. The number of nitro groups is 1. The van der Waals surface area contributed by atoms with E-state index in [-0.39, 0.29) is 23.4 Å². The molecule has 0 saturated carbocycles. The Morgan fingerprint density at radius 1 is 1.71 bits per heavy atom. The van der Waals surface area contributed by atoms with Crippen molar-refractivity contribution < 1.29 is 10.0 Å². The third kappa shape index (κ3) is 3.24. The fourth-order valence-electron chi connectivity index (χ4n) is 1.11. The van der Waals surface area contributed by atoms with Crippen LogP contribution in [0.3, 0.4) is 0 Å². The zero-order chi connectivity index (χ0) is 13.1. The number of aromatic nitrogens is 2. The quantitative estimate of drug-likeness (QED) is 0.474. The highest BCUT2D eigenvalue weighted by molar-refractivity contribution is 6.28. The van der Waals surface area contributed by atoms with E-state index < -0.39 is 10.5 Å². The van der Waals surface area contributed by atoms with Gasteiger partial charge in [-0.25, -0.2) is 4.98 Å². The Balaban J connectivity index is 3.12. The number of hydrogen-bond donors (Lipinski definition) is 2. The Morgan fingerprint density at radius 3 is 2.82 bits per heavy atom. The summed E-state index contributed by atoms with van der Waals surface area (Å²) in [5.41, 5.74) is -0.967. The summed E-state index contributed by atoms with van der Waals surface area (Å²) in [5, 5.41) is 22.7. The van der Waals surface area contributed by atoms with Gasteiger partial charge in [0.25, 0.3) is 0 Å². The minimum Gasteiger partial charge on any atom is -0.394 e. The molecule has 7 nitrogen and oxygen atoms in total. The molecule has 1 heterocycles. The highest BCUT2D eigenvalue weighted by Gasteiger charge is 2.26. The second kappa shape index (κ2) is 5.24. The fourth-order valence-corrected chi connectivity index (χ4v) is 1.24. The van der Waals surface area contributed by atoms with Crippen molar-refractivity contribution in [2.75, 3.05) is 11.9 Å². The highest BCUT2D eigenvalue weighted by atomic mass is 35.5. The first-order valence-electron chi connectivity index (χ1n) is 4.98. The molecule has 0 spiro atoms. The number of halogens is 1. The molecule has 1 unspecified atom stereocenters. The molecule has 0 bridgehead atoms. The first-order valence-corrected chi connectivity index (χ1v) is 5.35. The molecule has 94 valence electrons. The van der Waals surface area contributed by atoms with E-state index in [0.29, 0.717) is 6.42 Å². The topological polar surface area (TPSA) is 101 Å². The molecule has 0 aliphatic heterocycles. The lowest BCUT2D eigenvalue weighted by molar-refractivity contribution is -0.384.